The number of guanidine groups is 1. The molecule has 0 aromatic heterocycles. The number of nitrogens with zero attached hydrogens (tertiary/aromatic N) is 2. The largest absolute Gasteiger partial charge is 0.416 e. The van der Waals surface area contributed by atoms with Crippen molar-refractivity contribution in [1.82, 2.24) is 15.5 Å². The fraction of sp³-hybridized carbons (Fsp3) is 0.600. The summed E-state index contributed by atoms with van der Waals surface area (Å²) in [7, 11) is 0. The fourth-order valence-electron chi connectivity index (χ4n) is 3.55. The molecule has 1 amide bonds. The number of likely N-dealkylation sites (tertiary alicyclic amines) is 1. The standard InChI is InChI=1S/C20H27F3N4O.HI/c1-2-24-18(25-13-17(28)27-10-3-4-11-27)26-14-19(8-9-19)15-6-5-7-16(12-15)20(21,22)23;/h5-7,12H,2-4,8-11,13-14H2,1H3,(H2,24,25,26);1H. The summed E-state index contributed by atoms with van der Waals surface area (Å²) in [6.07, 6.45) is -0.618. The van der Waals surface area contributed by atoms with Crippen molar-refractivity contribution < 1.29 is 18.0 Å². The Bertz CT molecular complexity index is 729. The number of hydrogen-bond donors (Lipinski definition) is 2. The van der Waals surface area contributed by atoms with E-state index in [4.69, 9.17) is 0 Å². The van der Waals surface area contributed by atoms with Gasteiger partial charge in [-0.3, -0.25) is 4.79 Å². The Morgan fingerprint density at radius 3 is 2.48 bits per heavy atom. The molecule has 0 spiro atoms. The van der Waals surface area contributed by atoms with Gasteiger partial charge >= 0.3 is 6.18 Å². The summed E-state index contributed by atoms with van der Waals surface area (Å²) < 4.78 is 39.0. The van der Waals surface area contributed by atoms with Gasteiger partial charge in [0.1, 0.15) is 6.54 Å². The van der Waals surface area contributed by atoms with Crippen LogP contribution in [0.2, 0.25) is 0 Å². The quantitative estimate of drug-likeness (QED) is 0.340. The molecule has 1 aromatic carbocycles. The molecule has 1 aliphatic heterocycles. The monoisotopic (exact) mass is 524 g/mol. The zero-order valence-electron chi connectivity index (χ0n) is 16.5. The van der Waals surface area contributed by atoms with E-state index in [0.29, 0.717) is 24.6 Å². The first kappa shape index (κ1) is 23.8. The van der Waals surface area contributed by atoms with Gasteiger partial charge in [0, 0.05) is 31.6 Å². The van der Waals surface area contributed by atoms with Crippen LogP contribution in [-0.2, 0) is 16.4 Å². The Hall–Kier alpha value is -1.52. The van der Waals surface area contributed by atoms with E-state index < -0.39 is 11.7 Å². The third kappa shape index (κ3) is 6.23. The van der Waals surface area contributed by atoms with E-state index in [1.807, 2.05) is 11.8 Å². The van der Waals surface area contributed by atoms with Gasteiger partial charge in [0.15, 0.2) is 5.96 Å². The van der Waals surface area contributed by atoms with Gasteiger partial charge in [0.05, 0.1) is 5.56 Å². The van der Waals surface area contributed by atoms with Crippen LogP contribution in [0.25, 0.3) is 0 Å². The molecule has 9 heteroatoms. The van der Waals surface area contributed by atoms with E-state index in [0.717, 1.165) is 44.8 Å². The Labute approximate surface area is 186 Å². The molecule has 1 aliphatic carbocycles. The zero-order valence-corrected chi connectivity index (χ0v) is 18.8. The van der Waals surface area contributed by atoms with Crippen LogP contribution < -0.4 is 10.6 Å². The summed E-state index contributed by atoms with van der Waals surface area (Å²) in [5.41, 5.74) is -0.233. The number of benzene rings is 1. The minimum absolute atomic E-state index is 0. The highest BCUT2D eigenvalue weighted by molar-refractivity contribution is 14.0. The normalized spacial score (nSPS) is 18.2. The Balaban J connectivity index is 0.00000300. The van der Waals surface area contributed by atoms with Gasteiger partial charge in [-0.05, 0) is 44.2 Å². The predicted octanol–water partition coefficient (Wildman–Crippen LogP) is 3.53. The lowest BCUT2D eigenvalue weighted by molar-refractivity contribution is -0.137. The van der Waals surface area contributed by atoms with Crippen LogP contribution in [-0.4, -0.2) is 49.5 Å². The van der Waals surface area contributed by atoms with Crippen LogP contribution in [0.15, 0.2) is 29.3 Å². The summed E-state index contributed by atoms with van der Waals surface area (Å²) in [6.45, 7) is 4.71. The van der Waals surface area contributed by atoms with E-state index >= 15 is 0 Å². The maximum Gasteiger partial charge on any atom is 0.416 e. The van der Waals surface area contributed by atoms with Gasteiger partial charge in [-0.25, -0.2) is 4.99 Å². The fourth-order valence-corrected chi connectivity index (χ4v) is 3.55. The second kappa shape index (κ2) is 9.99. The smallest absolute Gasteiger partial charge is 0.357 e. The average Bonchev–Trinajstić information content (AvgIpc) is 3.26. The molecule has 0 unspecified atom stereocenters. The second-order valence-electron chi connectivity index (χ2n) is 7.50. The zero-order chi connectivity index (χ0) is 20.2. The number of carbonyl (C=O) groups is 1. The molecule has 162 valence electrons. The van der Waals surface area contributed by atoms with Crippen molar-refractivity contribution in [2.45, 2.75) is 44.2 Å². The molecule has 0 radical (unpaired) electrons. The minimum atomic E-state index is -4.34. The molecule has 1 saturated carbocycles. The first-order chi connectivity index (χ1) is 13.3. The minimum Gasteiger partial charge on any atom is -0.357 e. The molecule has 1 heterocycles. The van der Waals surface area contributed by atoms with Crippen LogP contribution in [0.5, 0.6) is 0 Å². The number of hydrogen-bond acceptors (Lipinski definition) is 2. The lowest BCUT2D eigenvalue weighted by Crippen LogP contribution is -2.42. The van der Waals surface area contributed by atoms with Crippen LogP contribution in [0.4, 0.5) is 13.2 Å². The lowest BCUT2D eigenvalue weighted by Gasteiger charge is -2.20. The number of carbonyl (C=O) groups excluding carboxylic acids is 1. The first-order valence-corrected chi connectivity index (χ1v) is 9.82. The van der Waals surface area contributed by atoms with Crippen LogP contribution in [0.1, 0.15) is 43.7 Å². The van der Waals surface area contributed by atoms with Crippen molar-refractivity contribution in [2.75, 3.05) is 32.7 Å². The molecule has 5 nitrogen and oxygen atoms in total. The van der Waals surface area contributed by atoms with Crippen LogP contribution in [0, 0.1) is 0 Å². The maximum absolute atomic E-state index is 13.0. The molecule has 3 rings (SSSR count). The highest BCUT2D eigenvalue weighted by atomic mass is 127. The summed E-state index contributed by atoms with van der Waals surface area (Å²) in [4.78, 5) is 18.4. The van der Waals surface area contributed by atoms with Crippen molar-refractivity contribution in [1.29, 1.82) is 0 Å². The summed E-state index contributed by atoms with van der Waals surface area (Å²) in [5, 5.41) is 6.32. The van der Waals surface area contributed by atoms with Gasteiger partial charge in [-0.1, -0.05) is 18.2 Å². The van der Waals surface area contributed by atoms with Gasteiger partial charge in [0.25, 0.3) is 0 Å². The number of aliphatic imine (C=N–C) groups is 1. The van der Waals surface area contributed by atoms with E-state index in [1.165, 1.54) is 12.1 Å². The van der Waals surface area contributed by atoms with Crippen molar-refractivity contribution in [3.63, 3.8) is 0 Å². The third-order valence-electron chi connectivity index (χ3n) is 5.43. The highest BCUT2D eigenvalue weighted by Gasteiger charge is 2.45. The van der Waals surface area contributed by atoms with Gasteiger partial charge < -0.3 is 15.5 Å². The molecule has 2 fully saturated rings. The topological polar surface area (TPSA) is 56.7 Å². The van der Waals surface area contributed by atoms with Crippen molar-refractivity contribution in [3.05, 3.63) is 35.4 Å². The lowest BCUT2D eigenvalue weighted by atomic mass is 9.94. The Morgan fingerprint density at radius 1 is 1.21 bits per heavy atom. The molecule has 29 heavy (non-hydrogen) atoms. The number of halogens is 4. The van der Waals surface area contributed by atoms with E-state index in [1.54, 1.807) is 6.07 Å². The third-order valence-corrected chi connectivity index (χ3v) is 5.43. The average molecular weight is 524 g/mol. The molecular formula is C20H28F3IN4O. The van der Waals surface area contributed by atoms with Gasteiger partial charge in [-0.2, -0.15) is 13.2 Å². The Morgan fingerprint density at radius 2 is 1.90 bits per heavy atom. The number of alkyl halides is 3. The first-order valence-electron chi connectivity index (χ1n) is 9.82. The molecule has 0 atom stereocenters. The molecular weight excluding hydrogens is 496 g/mol. The van der Waals surface area contributed by atoms with Crippen LogP contribution in [0.3, 0.4) is 0 Å². The van der Waals surface area contributed by atoms with Crippen molar-refractivity contribution in [2.24, 2.45) is 4.99 Å². The maximum atomic E-state index is 13.0. The summed E-state index contributed by atoms with van der Waals surface area (Å²) >= 11 is 0. The Kier molecular flexibility index (Phi) is 8.18. The van der Waals surface area contributed by atoms with Crippen molar-refractivity contribution >= 4 is 35.8 Å². The predicted molar refractivity (Wildman–Crippen MR) is 118 cm³/mol. The van der Waals surface area contributed by atoms with Gasteiger partial charge in [-0.15, -0.1) is 24.0 Å². The summed E-state index contributed by atoms with van der Waals surface area (Å²) in [5.74, 6) is 0.530. The number of nitrogens with one attached hydrogen (secondary N) is 2. The van der Waals surface area contributed by atoms with E-state index in [2.05, 4.69) is 15.6 Å². The second-order valence-corrected chi connectivity index (χ2v) is 7.50. The number of rotatable bonds is 6. The summed E-state index contributed by atoms with van der Waals surface area (Å²) in [6, 6.07) is 5.56. The van der Waals surface area contributed by atoms with Gasteiger partial charge in [0.2, 0.25) is 5.91 Å². The number of amides is 1. The molecule has 2 N–H and O–H groups in total. The van der Waals surface area contributed by atoms with E-state index in [9.17, 15) is 18.0 Å². The van der Waals surface area contributed by atoms with E-state index in [-0.39, 0.29) is 41.8 Å². The highest BCUT2D eigenvalue weighted by Crippen LogP contribution is 2.48. The van der Waals surface area contributed by atoms with Crippen molar-refractivity contribution in [3.8, 4) is 0 Å². The molecule has 1 aromatic rings. The molecule has 0 bridgehead atoms. The van der Waals surface area contributed by atoms with Crippen LogP contribution >= 0.6 is 24.0 Å². The molecule has 1 saturated heterocycles. The SMILES string of the molecule is CCNC(=NCC(=O)N1CCCC1)NCC1(c2cccc(C(F)(F)F)c2)CC1.I. The molecule has 2 aliphatic rings.